The third-order valence-electron chi connectivity index (χ3n) is 3.63. The van der Waals surface area contributed by atoms with E-state index in [0.29, 0.717) is 0 Å². The van der Waals surface area contributed by atoms with E-state index in [2.05, 4.69) is 12.1 Å². The number of hydrogen-bond acceptors (Lipinski definition) is 1. The van der Waals surface area contributed by atoms with E-state index in [9.17, 15) is 4.79 Å². The molecule has 0 saturated carbocycles. The molecule has 0 N–H and O–H groups in total. The highest BCUT2D eigenvalue weighted by Crippen LogP contribution is 2.32. The Hall–Kier alpha value is -2.61. The van der Waals surface area contributed by atoms with Crippen LogP contribution >= 0.6 is 0 Å². The number of nitrogens with zero attached hydrogens (tertiary/aromatic N) is 1. The lowest BCUT2D eigenvalue weighted by Crippen LogP contribution is -2.22. The van der Waals surface area contributed by atoms with Crippen LogP contribution in [-0.2, 0) is 0 Å². The zero-order chi connectivity index (χ0) is 14.8. The molecule has 0 bridgehead atoms. The first kappa shape index (κ1) is 13.4. The second-order valence-corrected chi connectivity index (χ2v) is 5.27. The van der Waals surface area contributed by atoms with Crippen molar-refractivity contribution in [2.24, 2.45) is 0 Å². The molecule has 0 heterocycles. The topological polar surface area (TPSA) is 20.3 Å². The fraction of sp³-hybridized carbons (Fsp3) is 0.105. The third-order valence-corrected chi connectivity index (χ3v) is 3.63. The van der Waals surface area contributed by atoms with E-state index in [1.165, 1.54) is 0 Å². The first-order valence-electron chi connectivity index (χ1n) is 6.97. The zero-order valence-electron chi connectivity index (χ0n) is 12.2. The Morgan fingerprint density at radius 1 is 0.810 bits per heavy atom. The van der Waals surface area contributed by atoms with Gasteiger partial charge in [-0.05, 0) is 22.4 Å². The van der Waals surface area contributed by atoms with E-state index in [0.717, 1.165) is 27.5 Å². The molecule has 0 aromatic heterocycles. The summed E-state index contributed by atoms with van der Waals surface area (Å²) in [6.07, 6.45) is 0. The number of amides is 1. The highest BCUT2D eigenvalue weighted by molar-refractivity contribution is 6.09. The van der Waals surface area contributed by atoms with Crippen LogP contribution in [0.15, 0.2) is 66.7 Å². The Bertz CT molecular complexity index is 791. The molecular weight excluding hydrogens is 258 g/mol. The normalized spacial score (nSPS) is 10.6. The molecule has 0 aliphatic heterocycles. The van der Waals surface area contributed by atoms with Crippen molar-refractivity contribution in [3.63, 3.8) is 0 Å². The SMILES string of the molecule is CN(C)C(=O)c1ccc2ccccc2c1-c1ccccc1. The lowest BCUT2D eigenvalue weighted by molar-refractivity contribution is 0.0828. The molecule has 3 aromatic carbocycles. The average molecular weight is 275 g/mol. The molecule has 0 radical (unpaired) electrons. The highest BCUT2D eigenvalue weighted by Gasteiger charge is 2.16. The van der Waals surface area contributed by atoms with Crippen molar-refractivity contribution in [2.45, 2.75) is 0 Å². The molecule has 0 unspecified atom stereocenters. The van der Waals surface area contributed by atoms with Crippen molar-refractivity contribution in [1.29, 1.82) is 0 Å². The number of benzene rings is 3. The maximum Gasteiger partial charge on any atom is 0.253 e. The van der Waals surface area contributed by atoms with Crippen LogP contribution < -0.4 is 0 Å². The van der Waals surface area contributed by atoms with Crippen LogP contribution in [0.1, 0.15) is 10.4 Å². The maximum atomic E-state index is 12.5. The zero-order valence-corrected chi connectivity index (χ0v) is 12.2. The Labute approximate surface area is 124 Å². The lowest BCUT2D eigenvalue weighted by atomic mass is 9.93. The minimum absolute atomic E-state index is 0.0274. The Morgan fingerprint density at radius 3 is 2.19 bits per heavy atom. The van der Waals surface area contributed by atoms with E-state index in [1.807, 2.05) is 54.6 Å². The minimum Gasteiger partial charge on any atom is -0.345 e. The van der Waals surface area contributed by atoms with Gasteiger partial charge in [-0.3, -0.25) is 4.79 Å². The van der Waals surface area contributed by atoms with Crippen molar-refractivity contribution in [2.75, 3.05) is 14.1 Å². The van der Waals surface area contributed by atoms with Crippen LogP contribution in [0.2, 0.25) is 0 Å². The molecule has 104 valence electrons. The quantitative estimate of drug-likeness (QED) is 0.686. The highest BCUT2D eigenvalue weighted by atomic mass is 16.2. The molecule has 21 heavy (non-hydrogen) atoms. The van der Waals surface area contributed by atoms with Crippen LogP contribution in [0.4, 0.5) is 0 Å². The number of carbonyl (C=O) groups excluding carboxylic acids is 1. The Kier molecular flexibility index (Phi) is 3.44. The van der Waals surface area contributed by atoms with Gasteiger partial charge in [0.2, 0.25) is 0 Å². The number of rotatable bonds is 2. The summed E-state index contributed by atoms with van der Waals surface area (Å²) in [7, 11) is 3.57. The predicted molar refractivity (Wildman–Crippen MR) is 87.4 cm³/mol. The first-order chi connectivity index (χ1) is 10.2. The fourth-order valence-electron chi connectivity index (χ4n) is 2.61. The van der Waals surface area contributed by atoms with Gasteiger partial charge in [0.25, 0.3) is 5.91 Å². The second-order valence-electron chi connectivity index (χ2n) is 5.27. The van der Waals surface area contributed by atoms with E-state index >= 15 is 0 Å². The molecule has 0 fully saturated rings. The third kappa shape index (κ3) is 2.40. The number of fused-ring (bicyclic) bond motifs is 1. The van der Waals surface area contributed by atoms with Crippen molar-refractivity contribution in [3.05, 3.63) is 72.3 Å². The average Bonchev–Trinajstić information content (AvgIpc) is 2.53. The summed E-state index contributed by atoms with van der Waals surface area (Å²) in [4.78, 5) is 14.1. The minimum atomic E-state index is 0.0274. The Morgan fingerprint density at radius 2 is 1.48 bits per heavy atom. The molecular formula is C19H17NO. The van der Waals surface area contributed by atoms with Crippen LogP contribution in [0.5, 0.6) is 0 Å². The van der Waals surface area contributed by atoms with E-state index in [1.54, 1.807) is 19.0 Å². The summed E-state index contributed by atoms with van der Waals surface area (Å²) in [5, 5.41) is 2.25. The van der Waals surface area contributed by atoms with E-state index < -0.39 is 0 Å². The van der Waals surface area contributed by atoms with Gasteiger partial charge in [-0.2, -0.15) is 0 Å². The molecule has 3 rings (SSSR count). The van der Waals surface area contributed by atoms with E-state index in [4.69, 9.17) is 0 Å². The summed E-state index contributed by atoms with van der Waals surface area (Å²) < 4.78 is 0. The molecule has 0 atom stereocenters. The molecule has 0 spiro atoms. The van der Waals surface area contributed by atoms with Crippen LogP contribution in [-0.4, -0.2) is 24.9 Å². The number of hydrogen-bond donors (Lipinski definition) is 0. The smallest absolute Gasteiger partial charge is 0.253 e. The van der Waals surface area contributed by atoms with Gasteiger partial charge in [0.1, 0.15) is 0 Å². The first-order valence-corrected chi connectivity index (χ1v) is 6.97. The van der Waals surface area contributed by atoms with Crippen molar-refractivity contribution < 1.29 is 4.79 Å². The molecule has 0 saturated heterocycles. The number of carbonyl (C=O) groups is 1. The largest absolute Gasteiger partial charge is 0.345 e. The summed E-state index contributed by atoms with van der Waals surface area (Å²) in [6, 6.07) is 22.2. The summed E-state index contributed by atoms with van der Waals surface area (Å²) in [6.45, 7) is 0. The standard InChI is InChI=1S/C19H17NO/c1-20(2)19(21)17-13-12-14-8-6-7-11-16(14)18(17)15-9-4-3-5-10-15/h3-13H,1-2H3. The van der Waals surface area contributed by atoms with Gasteiger partial charge < -0.3 is 4.90 Å². The molecule has 2 nitrogen and oxygen atoms in total. The van der Waals surface area contributed by atoms with Gasteiger partial charge in [0.05, 0.1) is 0 Å². The predicted octanol–water partition coefficient (Wildman–Crippen LogP) is 4.21. The van der Waals surface area contributed by atoms with Crippen LogP contribution in [0.25, 0.3) is 21.9 Å². The van der Waals surface area contributed by atoms with E-state index in [-0.39, 0.29) is 5.91 Å². The second kappa shape index (κ2) is 5.41. The molecule has 3 aromatic rings. The van der Waals surface area contributed by atoms with Gasteiger partial charge in [-0.25, -0.2) is 0 Å². The lowest BCUT2D eigenvalue weighted by Gasteiger charge is -2.16. The maximum absolute atomic E-state index is 12.5. The monoisotopic (exact) mass is 275 g/mol. The molecule has 2 heteroatoms. The molecule has 0 aliphatic carbocycles. The van der Waals surface area contributed by atoms with Gasteiger partial charge in [-0.15, -0.1) is 0 Å². The van der Waals surface area contributed by atoms with Crippen molar-refractivity contribution in [3.8, 4) is 11.1 Å². The molecule has 0 aliphatic rings. The molecule has 1 amide bonds. The van der Waals surface area contributed by atoms with Crippen LogP contribution in [0, 0.1) is 0 Å². The Balaban J connectivity index is 2.36. The summed E-state index contributed by atoms with van der Waals surface area (Å²) in [5.74, 6) is 0.0274. The van der Waals surface area contributed by atoms with Gasteiger partial charge in [0.15, 0.2) is 0 Å². The van der Waals surface area contributed by atoms with Crippen molar-refractivity contribution in [1.82, 2.24) is 4.90 Å². The van der Waals surface area contributed by atoms with Crippen molar-refractivity contribution >= 4 is 16.7 Å². The van der Waals surface area contributed by atoms with Gasteiger partial charge in [-0.1, -0.05) is 60.7 Å². The summed E-state index contributed by atoms with van der Waals surface area (Å²) in [5.41, 5.74) is 2.82. The van der Waals surface area contributed by atoms with Crippen LogP contribution in [0.3, 0.4) is 0 Å². The van der Waals surface area contributed by atoms with Gasteiger partial charge >= 0.3 is 0 Å². The summed E-state index contributed by atoms with van der Waals surface area (Å²) >= 11 is 0. The fourth-order valence-corrected chi connectivity index (χ4v) is 2.61. The van der Waals surface area contributed by atoms with Gasteiger partial charge in [0, 0.05) is 25.2 Å².